The fourth-order valence-corrected chi connectivity index (χ4v) is 3.31. The van der Waals surface area contributed by atoms with Gasteiger partial charge in [0.1, 0.15) is 5.82 Å². The molecular weight excluding hydrogens is 321 g/mol. The van der Waals surface area contributed by atoms with Crippen molar-refractivity contribution in [3.63, 3.8) is 0 Å². The molecule has 0 aliphatic carbocycles. The molecule has 0 spiro atoms. The molecule has 1 aromatic rings. The molecule has 0 N–H and O–H groups in total. The third-order valence-corrected chi connectivity index (χ3v) is 4.02. The van der Waals surface area contributed by atoms with E-state index in [1.807, 2.05) is 0 Å². The van der Waals surface area contributed by atoms with E-state index in [1.165, 1.54) is 35.7 Å². The summed E-state index contributed by atoms with van der Waals surface area (Å²) in [5.41, 5.74) is 0.526. The predicted molar refractivity (Wildman–Crippen MR) is 73.1 cm³/mol. The van der Waals surface area contributed by atoms with Crippen molar-refractivity contribution in [3.8, 4) is 0 Å². The minimum Gasteiger partial charge on any atom is -0.311 e. The van der Waals surface area contributed by atoms with Gasteiger partial charge in [-0.1, -0.05) is 27.7 Å². The van der Waals surface area contributed by atoms with Crippen LogP contribution in [0, 0.1) is 5.82 Å². The zero-order valence-electron chi connectivity index (χ0n) is 9.65. The highest BCUT2D eigenvalue weighted by Crippen LogP contribution is 2.30. The third kappa shape index (κ3) is 3.11. The lowest BCUT2D eigenvalue weighted by Gasteiger charge is -2.16. The van der Waals surface area contributed by atoms with Crippen LogP contribution in [-0.2, 0) is 9.59 Å². The van der Waals surface area contributed by atoms with Crippen molar-refractivity contribution in [2.24, 2.45) is 0 Å². The summed E-state index contributed by atoms with van der Waals surface area (Å²) < 4.78 is 13.9. The number of rotatable bonds is 2. The zero-order chi connectivity index (χ0) is 13.3. The monoisotopic (exact) mass is 331 g/mol. The summed E-state index contributed by atoms with van der Waals surface area (Å²) in [6, 6.07) is 4.36. The Morgan fingerprint density at radius 3 is 2.83 bits per heavy atom. The van der Waals surface area contributed by atoms with Gasteiger partial charge in [-0.05, 0) is 18.2 Å². The van der Waals surface area contributed by atoms with Crippen molar-refractivity contribution in [3.05, 3.63) is 28.5 Å². The Morgan fingerprint density at radius 1 is 1.50 bits per heavy atom. The van der Waals surface area contributed by atoms with Gasteiger partial charge in [-0.2, -0.15) is 0 Å². The topological polar surface area (TPSA) is 37.4 Å². The summed E-state index contributed by atoms with van der Waals surface area (Å²) >= 11 is 4.36. The largest absolute Gasteiger partial charge is 0.311 e. The Hall–Kier alpha value is -0.880. The summed E-state index contributed by atoms with van der Waals surface area (Å²) in [5.74, 6) is -0.471. The van der Waals surface area contributed by atoms with Crippen molar-refractivity contribution in [2.75, 3.05) is 11.4 Å². The summed E-state index contributed by atoms with van der Waals surface area (Å²) in [6.45, 7) is 1.93. The summed E-state index contributed by atoms with van der Waals surface area (Å²) in [6.07, 6.45) is 0.318. The van der Waals surface area contributed by atoms with Gasteiger partial charge in [-0.15, -0.1) is 0 Å². The van der Waals surface area contributed by atoms with Crippen LogP contribution < -0.4 is 4.90 Å². The van der Waals surface area contributed by atoms with Gasteiger partial charge in [0.15, 0.2) is 5.12 Å². The van der Waals surface area contributed by atoms with Crippen LogP contribution in [0.3, 0.4) is 0 Å². The summed E-state index contributed by atoms with van der Waals surface area (Å²) in [5, 5.41) is -0.0490. The number of benzene rings is 1. The van der Waals surface area contributed by atoms with E-state index in [9.17, 15) is 14.0 Å². The maximum atomic E-state index is 13.3. The molecule has 1 unspecified atom stereocenters. The second-order valence-electron chi connectivity index (χ2n) is 4.07. The normalized spacial score (nSPS) is 19.4. The minimum atomic E-state index is -0.394. The van der Waals surface area contributed by atoms with Crippen LogP contribution in [0.2, 0.25) is 0 Å². The molecule has 1 fully saturated rings. The molecule has 1 atom stereocenters. The van der Waals surface area contributed by atoms with Crippen molar-refractivity contribution < 1.29 is 14.0 Å². The highest BCUT2D eigenvalue weighted by atomic mass is 79.9. The second kappa shape index (κ2) is 5.40. The maximum absolute atomic E-state index is 13.3. The number of halogens is 2. The molecule has 96 valence electrons. The average molecular weight is 332 g/mol. The Balaban J connectivity index is 2.18. The van der Waals surface area contributed by atoms with Crippen molar-refractivity contribution in [2.45, 2.75) is 18.6 Å². The highest BCUT2D eigenvalue weighted by Gasteiger charge is 2.32. The van der Waals surface area contributed by atoms with Crippen LogP contribution >= 0.6 is 27.7 Å². The molecule has 1 heterocycles. The number of hydrogen-bond donors (Lipinski definition) is 0. The third-order valence-electron chi connectivity index (χ3n) is 2.58. The maximum Gasteiger partial charge on any atom is 0.228 e. The molecule has 1 saturated heterocycles. The Labute approximate surface area is 117 Å². The first kappa shape index (κ1) is 13.5. The quantitative estimate of drug-likeness (QED) is 0.836. The molecule has 1 aromatic carbocycles. The average Bonchev–Trinajstić information content (AvgIpc) is 2.56. The van der Waals surface area contributed by atoms with E-state index < -0.39 is 5.82 Å². The molecule has 1 aliphatic heterocycles. The van der Waals surface area contributed by atoms with E-state index in [2.05, 4.69) is 15.9 Å². The minimum absolute atomic E-state index is 0.00456. The lowest BCUT2D eigenvalue weighted by atomic mass is 10.3. The molecule has 3 nitrogen and oxygen atoms in total. The van der Waals surface area contributed by atoms with Crippen LogP contribution in [0.5, 0.6) is 0 Å². The van der Waals surface area contributed by atoms with E-state index in [4.69, 9.17) is 0 Å². The Morgan fingerprint density at radius 2 is 2.22 bits per heavy atom. The number of thioether (sulfide) groups is 1. The van der Waals surface area contributed by atoms with Crippen LogP contribution in [0.25, 0.3) is 0 Å². The van der Waals surface area contributed by atoms with Gasteiger partial charge in [0.25, 0.3) is 0 Å². The molecule has 0 bridgehead atoms. The number of hydrogen-bond acceptors (Lipinski definition) is 3. The van der Waals surface area contributed by atoms with Gasteiger partial charge in [0.2, 0.25) is 5.91 Å². The Bertz CT molecular complexity index is 489. The molecule has 0 aromatic heterocycles. The number of carbonyl (C=O) groups excluding carboxylic acids is 2. The lowest BCUT2D eigenvalue weighted by molar-refractivity contribution is -0.117. The molecule has 0 radical (unpaired) electrons. The van der Waals surface area contributed by atoms with Crippen molar-refractivity contribution >= 4 is 44.4 Å². The first-order chi connectivity index (χ1) is 8.45. The number of anilines is 1. The number of nitrogens with zero attached hydrogens (tertiary/aromatic N) is 1. The van der Waals surface area contributed by atoms with Crippen LogP contribution in [-0.4, -0.2) is 22.8 Å². The standard InChI is InChI=1S/C12H11BrFNO2S/c1-7(16)18-11-5-12(17)15(6-11)10-3-8(13)2-9(14)4-10/h2-4,11H,5-6H2,1H3. The van der Waals surface area contributed by atoms with E-state index in [0.717, 1.165) is 0 Å². The molecule has 0 saturated carbocycles. The summed E-state index contributed by atoms with van der Waals surface area (Å²) in [7, 11) is 0. The molecule has 2 rings (SSSR count). The van der Waals surface area contributed by atoms with Gasteiger partial charge >= 0.3 is 0 Å². The van der Waals surface area contributed by atoms with Gasteiger partial charge in [-0.3, -0.25) is 9.59 Å². The van der Waals surface area contributed by atoms with Gasteiger partial charge in [-0.25, -0.2) is 4.39 Å². The molecule has 18 heavy (non-hydrogen) atoms. The van der Waals surface area contributed by atoms with Gasteiger partial charge in [0.05, 0.1) is 0 Å². The van der Waals surface area contributed by atoms with Crippen LogP contribution in [0.4, 0.5) is 10.1 Å². The van der Waals surface area contributed by atoms with Gasteiger partial charge < -0.3 is 4.90 Å². The van der Waals surface area contributed by atoms with Crippen molar-refractivity contribution in [1.29, 1.82) is 0 Å². The fraction of sp³-hybridized carbons (Fsp3) is 0.333. The zero-order valence-corrected chi connectivity index (χ0v) is 12.1. The first-order valence-electron chi connectivity index (χ1n) is 5.39. The van der Waals surface area contributed by atoms with Crippen LogP contribution in [0.1, 0.15) is 13.3 Å². The van der Waals surface area contributed by atoms with E-state index in [1.54, 1.807) is 6.07 Å². The van der Waals surface area contributed by atoms with Gasteiger partial charge in [0, 0.05) is 35.3 Å². The van der Waals surface area contributed by atoms with E-state index in [-0.39, 0.29) is 16.3 Å². The highest BCUT2D eigenvalue weighted by molar-refractivity contribution is 9.10. The number of carbonyl (C=O) groups is 2. The predicted octanol–water partition coefficient (Wildman–Crippen LogP) is 2.97. The molecule has 1 amide bonds. The first-order valence-corrected chi connectivity index (χ1v) is 7.06. The smallest absolute Gasteiger partial charge is 0.228 e. The lowest BCUT2D eigenvalue weighted by Crippen LogP contribution is -2.25. The van der Waals surface area contributed by atoms with E-state index in [0.29, 0.717) is 23.1 Å². The Kier molecular flexibility index (Phi) is 4.07. The fourth-order valence-electron chi connectivity index (χ4n) is 1.93. The number of amides is 1. The van der Waals surface area contributed by atoms with E-state index >= 15 is 0 Å². The molecular formula is C12H11BrFNO2S. The summed E-state index contributed by atoms with van der Waals surface area (Å²) in [4.78, 5) is 24.4. The SMILES string of the molecule is CC(=O)SC1CC(=O)N(c2cc(F)cc(Br)c2)C1. The van der Waals surface area contributed by atoms with Crippen molar-refractivity contribution in [1.82, 2.24) is 0 Å². The molecule has 6 heteroatoms. The second-order valence-corrected chi connectivity index (χ2v) is 6.46. The van der Waals surface area contributed by atoms with Crippen LogP contribution in [0.15, 0.2) is 22.7 Å². The molecule has 1 aliphatic rings.